The van der Waals surface area contributed by atoms with E-state index >= 15 is 0 Å². The molecule has 0 saturated heterocycles. The summed E-state index contributed by atoms with van der Waals surface area (Å²) < 4.78 is 0. The average molecular weight is 267 g/mol. The van der Waals surface area contributed by atoms with E-state index in [9.17, 15) is 0 Å². The number of rotatable bonds is 0. The first kappa shape index (κ1) is 29.7. The summed E-state index contributed by atoms with van der Waals surface area (Å²) in [6.45, 7) is 10.6. The van der Waals surface area contributed by atoms with E-state index in [1.54, 1.807) is 42.3 Å². The van der Waals surface area contributed by atoms with Crippen LogP contribution in [0.3, 0.4) is 0 Å². The Balaban J connectivity index is -0.0000000300. The van der Waals surface area contributed by atoms with Crippen molar-refractivity contribution in [2.75, 3.05) is 42.3 Å². The zero-order chi connectivity index (χ0) is 12.6. The summed E-state index contributed by atoms with van der Waals surface area (Å²) in [5, 5.41) is 10.5. The standard InChI is InChI=1S/C4H11Si.3C2H6N.Ti/c1-5(2,3)4;3*1-3-2;/h1H2,2-4H3;3*1-2H3;/q4*-1;+4. The molecule has 0 aromatic carbocycles. The van der Waals surface area contributed by atoms with Crippen molar-refractivity contribution < 1.29 is 21.7 Å². The van der Waals surface area contributed by atoms with Gasteiger partial charge in [0.2, 0.25) is 0 Å². The quantitative estimate of drug-likeness (QED) is 0.476. The first-order chi connectivity index (χ1) is 6.24. The van der Waals surface area contributed by atoms with Gasteiger partial charge in [-0.2, -0.15) is 42.3 Å². The van der Waals surface area contributed by atoms with Crippen molar-refractivity contribution in [1.29, 1.82) is 0 Å². The normalized spacial score (nSPS) is 7.60. The third-order valence-electron chi connectivity index (χ3n) is 0. The van der Waals surface area contributed by atoms with Crippen LogP contribution in [-0.2, 0) is 21.7 Å². The molecule has 0 aliphatic carbocycles. The van der Waals surface area contributed by atoms with E-state index in [1.165, 1.54) is 0 Å². The van der Waals surface area contributed by atoms with Gasteiger partial charge in [0.15, 0.2) is 0 Å². The summed E-state index contributed by atoms with van der Waals surface area (Å²) in [7, 11) is 9.64. The molecule has 0 aliphatic rings. The minimum atomic E-state index is -0.861. The predicted octanol–water partition coefficient (Wildman–Crippen LogP) is 3.55. The second-order valence-corrected chi connectivity index (χ2v) is 9.02. The molecule has 0 aromatic heterocycles. The zero-order valence-corrected chi connectivity index (χ0v) is 14.6. The first-order valence-electron chi connectivity index (χ1n) is 4.54. The summed E-state index contributed by atoms with van der Waals surface area (Å²) in [5.74, 6) is 0. The van der Waals surface area contributed by atoms with Gasteiger partial charge in [0.1, 0.15) is 0 Å². The van der Waals surface area contributed by atoms with E-state index < -0.39 is 8.07 Å². The molecular weight excluding hydrogens is 238 g/mol. The minimum Gasteiger partial charge on any atom is -0.668 e. The molecule has 15 heavy (non-hydrogen) atoms. The number of hydrogen-bond donors (Lipinski definition) is 0. The Morgan fingerprint density at radius 3 is 0.667 bits per heavy atom. The van der Waals surface area contributed by atoms with E-state index in [2.05, 4.69) is 42.1 Å². The maximum Gasteiger partial charge on any atom is 4.00 e. The molecule has 0 heterocycles. The van der Waals surface area contributed by atoms with Crippen molar-refractivity contribution >= 4 is 8.07 Å². The maximum atomic E-state index is 3.91. The third-order valence-corrected chi connectivity index (χ3v) is 0. The predicted molar refractivity (Wildman–Crippen MR) is 74.3 cm³/mol. The van der Waals surface area contributed by atoms with Gasteiger partial charge in [-0.15, -0.1) is 8.07 Å². The molecule has 0 radical (unpaired) electrons. The van der Waals surface area contributed by atoms with E-state index in [0.717, 1.165) is 0 Å². The molecule has 0 fully saturated rings. The summed E-state index contributed by atoms with van der Waals surface area (Å²) in [6.07, 6.45) is 0. The van der Waals surface area contributed by atoms with Gasteiger partial charge in [0.25, 0.3) is 0 Å². The zero-order valence-electron chi connectivity index (χ0n) is 12.0. The average Bonchev–Trinajstić information content (AvgIpc) is 1.86. The van der Waals surface area contributed by atoms with Crippen molar-refractivity contribution in [2.45, 2.75) is 19.6 Å². The Hall–Kier alpha value is 0.811. The molecule has 0 aliphatic heterocycles. The Morgan fingerprint density at radius 1 is 0.667 bits per heavy atom. The van der Waals surface area contributed by atoms with E-state index in [0.29, 0.717) is 0 Å². The first-order valence-corrected chi connectivity index (χ1v) is 8.24. The molecule has 0 N–H and O–H groups in total. The maximum absolute atomic E-state index is 3.91. The van der Waals surface area contributed by atoms with Crippen molar-refractivity contribution in [3.05, 3.63) is 22.5 Å². The van der Waals surface area contributed by atoms with E-state index in [1.807, 2.05) is 0 Å². The fourth-order valence-corrected chi connectivity index (χ4v) is 0. The third kappa shape index (κ3) is 3690. The topological polar surface area (TPSA) is 42.3 Å². The number of hydrogen-bond acceptors (Lipinski definition) is 0. The molecule has 3 nitrogen and oxygen atoms in total. The molecule has 0 saturated carbocycles. The van der Waals surface area contributed by atoms with Crippen LogP contribution in [0.4, 0.5) is 0 Å². The summed E-state index contributed by atoms with van der Waals surface area (Å²) in [6, 6.07) is 0. The van der Waals surface area contributed by atoms with Crippen LogP contribution >= 0.6 is 0 Å². The van der Waals surface area contributed by atoms with Crippen LogP contribution in [0.1, 0.15) is 0 Å². The number of nitrogens with zero attached hydrogens (tertiary/aromatic N) is 3. The Labute approximate surface area is 114 Å². The van der Waals surface area contributed by atoms with Gasteiger partial charge in [-0.1, -0.05) is 19.6 Å². The summed E-state index contributed by atoms with van der Waals surface area (Å²) >= 11 is 0. The van der Waals surface area contributed by atoms with Gasteiger partial charge >= 0.3 is 21.7 Å². The fourth-order valence-electron chi connectivity index (χ4n) is 0. The molecule has 0 unspecified atom stereocenters. The van der Waals surface area contributed by atoms with Crippen LogP contribution in [0.2, 0.25) is 19.6 Å². The molecule has 0 amide bonds. The monoisotopic (exact) mass is 267 g/mol. The molecule has 0 rings (SSSR count). The van der Waals surface area contributed by atoms with Crippen LogP contribution in [0.5, 0.6) is 0 Å². The van der Waals surface area contributed by atoms with E-state index in [4.69, 9.17) is 0 Å². The van der Waals surface area contributed by atoms with Crippen molar-refractivity contribution in [2.24, 2.45) is 0 Å². The molecular formula is C10H29N3SiTi. The van der Waals surface area contributed by atoms with Gasteiger partial charge in [-0.05, 0) is 0 Å². The van der Waals surface area contributed by atoms with Crippen LogP contribution in [-0.4, -0.2) is 50.4 Å². The second-order valence-electron chi connectivity index (χ2n) is 3.90. The van der Waals surface area contributed by atoms with Gasteiger partial charge in [0, 0.05) is 0 Å². The molecule has 0 atom stereocenters. The second kappa shape index (κ2) is 29.4. The van der Waals surface area contributed by atoms with Crippen LogP contribution in [0.25, 0.3) is 16.0 Å². The molecule has 0 aromatic rings. The molecule has 5 heteroatoms. The molecule has 0 bridgehead atoms. The fraction of sp³-hybridized carbons (Fsp3) is 0.900. The minimum absolute atomic E-state index is 0. The van der Waals surface area contributed by atoms with Gasteiger partial charge in [-0.3, -0.25) is 0 Å². The summed E-state index contributed by atoms with van der Waals surface area (Å²) in [4.78, 5) is 0. The van der Waals surface area contributed by atoms with Gasteiger partial charge in [-0.25, -0.2) is 0 Å². The van der Waals surface area contributed by atoms with Crippen molar-refractivity contribution in [1.82, 2.24) is 0 Å². The van der Waals surface area contributed by atoms with Gasteiger partial charge < -0.3 is 22.5 Å². The Morgan fingerprint density at radius 2 is 0.667 bits per heavy atom. The molecule has 0 spiro atoms. The van der Waals surface area contributed by atoms with E-state index in [-0.39, 0.29) is 21.7 Å². The Kier molecular flexibility index (Phi) is 58.1. The van der Waals surface area contributed by atoms with Crippen molar-refractivity contribution in [3.63, 3.8) is 0 Å². The molecule has 92 valence electrons. The Bertz CT molecular complexity index is 57.4. The SMILES string of the molecule is C[N-]C.C[N-]C.C[N-]C.[CH2-][Si](C)(C)C.[Ti+4]. The van der Waals surface area contributed by atoms with Crippen molar-refractivity contribution in [3.8, 4) is 0 Å². The van der Waals surface area contributed by atoms with Crippen LogP contribution in [0, 0.1) is 6.55 Å². The van der Waals surface area contributed by atoms with Gasteiger partial charge in [0.05, 0.1) is 0 Å². The van der Waals surface area contributed by atoms with Crippen LogP contribution in [0.15, 0.2) is 0 Å². The summed E-state index contributed by atoms with van der Waals surface area (Å²) in [5.41, 5.74) is 0. The largest absolute Gasteiger partial charge is 4.00 e. The smallest absolute Gasteiger partial charge is 0.668 e. The van der Waals surface area contributed by atoms with Crippen LogP contribution < -0.4 is 0 Å².